The van der Waals surface area contributed by atoms with Crippen LogP contribution in [0.1, 0.15) is 232 Å². The van der Waals surface area contributed by atoms with Gasteiger partial charge in [0.1, 0.15) is 0 Å². The van der Waals surface area contributed by atoms with Gasteiger partial charge in [0.15, 0.2) is 0 Å². The van der Waals surface area contributed by atoms with Gasteiger partial charge in [0, 0.05) is 9.49 Å². The molecule has 3 aliphatic rings. The molecule has 42 heavy (non-hydrogen) atoms. The Balaban J connectivity index is 2.01. The summed E-state index contributed by atoms with van der Waals surface area (Å²) < 4.78 is -0.0331. The van der Waals surface area contributed by atoms with Crippen molar-refractivity contribution in [2.24, 2.45) is 10.8 Å². The minimum absolute atomic E-state index is 0.00874. The van der Waals surface area contributed by atoms with Crippen molar-refractivity contribution in [3.63, 3.8) is 0 Å². The monoisotopic (exact) mass is 621 g/mol. The van der Waals surface area contributed by atoms with Crippen LogP contribution in [0.25, 0.3) is 0 Å². The van der Waals surface area contributed by atoms with Crippen molar-refractivity contribution >= 4 is 25.3 Å². The minimum Gasteiger partial charge on any atom is -0.171 e. The highest BCUT2D eigenvalue weighted by Gasteiger charge is 2.62. The number of hydrogen-bond acceptors (Lipinski definition) is 2. The number of hydrogen-bond donors (Lipinski definition) is 2. The molecule has 2 unspecified atom stereocenters. The first-order valence-corrected chi connectivity index (χ1v) is 20.7. The lowest BCUT2D eigenvalue weighted by Gasteiger charge is -2.64. The molecule has 0 N–H and O–H groups in total. The zero-order valence-corrected chi connectivity index (χ0v) is 30.7. The van der Waals surface area contributed by atoms with E-state index in [0.717, 1.165) is 0 Å². The van der Waals surface area contributed by atoms with E-state index in [-0.39, 0.29) is 14.9 Å². The summed E-state index contributed by atoms with van der Waals surface area (Å²) in [6.45, 7) is 5.37. The third-order valence-corrected chi connectivity index (χ3v) is 14.9. The maximum absolute atomic E-state index is 6.19. The normalized spacial score (nSPS) is 33.4. The molecule has 248 valence electrons. The van der Waals surface area contributed by atoms with Gasteiger partial charge in [-0.1, -0.05) is 187 Å². The van der Waals surface area contributed by atoms with Crippen LogP contribution in [0.4, 0.5) is 0 Å². The molecule has 3 rings (SSSR count). The molecular formula is C40H76S2. The van der Waals surface area contributed by atoms with E-state index in [1.807, 2.05) is 0 Å². The SMILES string of the molecule is CC1(S)CCCCCCCCCCCCCCCC1(S)C1(C2(C)CCCCCCC2)CCCCCCCCCCCC1. The Morgan fingerprint density at radius 2 is 0.524 bits per heavy atom. The molecule has 0 aromatic carbocycles. The van der Waals surface area contributed by atoms with Gasteiger partial charge in [-0.2, -0.15) is 25.3 Å². The highest BCUT2D eigenvalue weighted by molar-refractivity contribution is 7.86. The topological polar surface area (TPSA) is 0 Å². The molecule has 0 heterocycles. The fourth-order valence-electron chi connectivity index (χ4n) is 10.1. The van der Waals surface area contributed by atoms with Gasteiger partial charge in [0.2, 0.25) is 0 Å². The van der Waals surface area contributed by atoms with Gasteiger partial charge in [-0.15, -0.1) is 0 Å². The van der Waals surface area contributed by atoms with Crippen LogP contribution < -0.4 is 0 Å². The van der Waals surface area contributed by atoms with Crippen LogP contribution >= 0.6 is 25.3 Å². The van der Waals surface area contributed by atoms with Crippen molar-refractivity contribution in [3.8, 4) is 0 Å². The number of rotatable bonds is 2. The molecule has 0 amide bonds. The predicted octanol–water partition coefficient (Wildman–Crippen LogP) is 14.6. The molecule has 0 radical (unpaired) electrons. The fourth-order valence-corrected chi connectivity index (χ4v) is 11.3. The van der Waals surface area contributed by atoms with E-state index in [1.54, 1.807) is 0 Å². The van der Waals surface area contributed by atoms with E-state index in [9.17, 15) is 0 Å². The third-order valence-electron chi connectivity index (χ3n) is 13.0. The first-order valence-electron chi connectivity index (χ1n) is 19.8. The van der Waals surface area contributed by atoms with Crippen LogP contribution in [0.3, 0.4) is 0 Å². The van der Waals surface area contributed by atoms with Gasteiger partial charge in [0.05, 0.1) is 0 Å². The number of thiol groups is 2. The lowest BCUT2D eigenvalue weighted by molar-refractivity contribution is -0.0492. The van der Waals surface area contributed by atoms with E-state index in [1.165, 1.54) is 218 Å². The quantitative estimate of drug-likeness (QED) is 0.282. The van der Waals surface area contributed by atoms with E-state index in [4.69, 9.17) is 25.3 Å². The van der Waals surface area contributed by atoms with Crippen LogP contribution in [0, 0.1) is 10.8 Å². The Morgan fingerprint density at radius 1 is 0.286 bits per heavy atom. The molecular weight excluding hydrogens is 545 g/mol. The Morgan fingerprint density at radius 3 is 0.857 bits per heavy atom. The highest BCUT2D eigenvalue weighted by atomic mass is 32.1. The summed E-state index contributed by atoms with van der Waals surface area (Å²) >= 11 is 12.0. The summed E-state index contributed by atoms with van der Waals surface area (Å²) in [5, 5.41) is 0. The molecule has 0 aromatic heterocycles. The van der Waals surface area contributed by atoms with Gasteiger partial charge in [-0.25, -0.2) is 0 Å². The van der Waals surface area contributed by atoms with Crippen LogP contribution in [0.2, 0.25) is 0 Å². The molecule has 2 heteroatoms. The largest absolute Gasteiger partial charge is 0.171 e. The highest BCUT2D eigenvalue weighted by Crippen LogP contribution is 2.67. The minimum atomic E-state index is -0.0244. The van der Waals surface area contributed by atoms with Crippen molar-refractivity contribution in [2.45, 2.75) is 242 Å². The second-order valence-electron chi connectivity index (χ2n) is 16.2. The van der Waals surface area contributed by atoms with Crippen LogP contribution in [-0.2, 0) is 0 Å². The van der Waals surface area contributed by atoms with Gasteiger partial charge in [-0.3, -0.25) is 0 Å². The molecule has 3 fully saturated rings. The summed E-state index contributed by atoms with van der Waals surface area (Å²) in [5.41, 5.74) is 0.673. The average molecular weight is 621 g/mol. The smallest absolute Gasteiger partial charge is 0.0332 e. The molecule has 2 atom stereocenters. The van der Waals surface area contributed by atoms with E-state index < -0.39 is 0 Å². The average Bonchev–Trinajstić information content (AvgIpc) is 2.98. The standard InChI is InChI=1S/C40H76S2/c1-37(31-25-19-18-20-26-32-37)39(34-28-22-15-11-8-9-12-16-23-29-35-39)40(42)36-30-24-17-13-7-5-3-4-6-10-14-21-27-33-38(40,2)41/h41-42H,3-36H2,1-2H3. The molecule has 0 bridgehead atoms. The molecule has 0 saturated heterocycles. The first kappa shape index (κ1) is 37.2. The summed E-state index contributed by atoms with van der Waals surface area (Å²) in [6.07, 6.45) is 48.4. The summed E-state index contributed by atoms with van der Waals surface area (Å²) in [4.78, 5) is 0. The van der Waals surface area contributed by atoms with Crippen molar-refractivity contribution < 1.29 is 0 Å². The Bertz CT molecular complexity index is 661. The van der Waals surface area contributed by atoms with Crippen LogP contribution in [0.5, 0.6) is 0 Å². The van der Waals surface area contributed by atoms with E-state index in [0.29, 0.717) is 5.41 Å². The Hall–Kier alpha value is 0.700. The molecule has 3 saturated carbocycles. The van der Waals surface area contributed by atoms with E-state index in [2.05, 4.69) is 13.8 Å². The third kappa shape index (κ3) is 10.9. The van der Waals surface area contributed by atoms with Gasteiger partial charge in [-0.05, 0) is 56.3 Å². The maximum Gasteiger partial charge on any atom is 0.0332 e. The molecule has 0 spiro atoms. The second-order valence-corrected chi connectivity index (χ2v) is 17.9. The van der Waals surface area contributed by atoms with Crippen molar-refractivity contribution in [3.05, 3.63) is 0 Å². The van der Waals surface area contributed by atoms with Crippen LogP contribution in [0.15, 0.2) is 0 Å². The fraction of sp³-hybridized carbons (Fsp3) is 1.00. The summed E-state index contributed by atoms with van der Waals surface area (Å²) in [7, 11) is 0. The van der Waals surface area contributed by atoms with Crippen molar-refractivity contribution in [1.82, 2.24) is 0 Å². The summed E-state index contributed by atoms with van der Waals surface area (Å²) in [6, 6.07) is 0. The Labute approximate surface area is 276 Å². The molecule has 3 aliphatic carbocycles. The molecule has 0 nitrogen and oxygen atoms in total. The lowest BCUT2D eigenvalue weighted by atomic mass is 9.47. The zero-order valence-electron chi connectivity index (χ0n) is 28.9. The van der Waals surface area contributed by atoms with Crippen molar-refractivity contribution in [2.75, 3.05) is 0 Å². The molecule has 0 aliphatic heterocycles. The van der Waals surface area contributed by atoms with Gasteiger partial charge >= 0.3 is 0 Å². The van der Waals surface area contributed by atoms with Crippen molar-refractivity contribution in [1.29, 1.82) is 0 Å². The van der Waals surface area contributed by atoms with Gasteiger partial charge in [0.25, 0.3) is 0 Å². The summed E-state index contributed by atoms with van der Waals surface area (Å²) in [5.74, 6) is 0. The van der Waals surface area contributed by atoms with E-state index >= 15 is 0 Å². The predicted molar refractivity (Wildman–Crippen MR) is 197 cm³/mol. The first-order chi connectivity index (χ1) is 20.4. The zero-order chi connectivity index (χ0) is 30.0. The van der Waals surface area contributed by atoms with Crippen LogP contribution in [-0.4, -0.2) is 9.49 Å². The molecule has 0 aromatic rings. The second kappa shape index (κ2) is 20.0. The Kier molecular flexibility index (Phi) is 17.7. The lowest BCUT2D eigenvalue weighted by Crippen LogP contribution is -2.63. The maximum atomic E-state index is 6.19. The van der Waals surface area contributed by atoms with Gasteiger partial charge < -0.3 is 0 Å².